The van der Waals surface area contributed by atoms with Crippen LogP contribution in [0.3, 0.4) is 0 Å². The van der Waals surface area contributed by atoms with E-state index in [1.165, 1.54) is 6.92 Å². The molecule has 1 saturated heterocycles. The minimum absolute atomic E-state index is 0.0509. The maximum atomic E-state index is 12.9. The number of halogens is 3. The van der Waals surface area contributed by atoms with E-state index in [1.54, 1.807) is 15.8 Å². The third kappa shape index (κ3) is 3.48. The van der Waals surface area contributed by atoms with E-state index in [0.717, 1.165) is 18.9 Å². The topological polar surface area (TPSA) is 80.0 Å². The summed E-state index contributed by atoms with van der Waals surface area (Å²) >= 11 is 0. The van der Waals surface area contributed by atoms with Crippen molar-refractivity contribution >= 4 is 5.95 Å². The Morgan fingerprint density at radius 3 is 2.79 bits per heavy atom. The molecular formula is C14H17F3N6O. The average molecular weight is 342 g/mol. The molecule has 3 rings (SSSR count). The van der Waals surface area contributed by atoms with Crippen LogP contribution < -0.4 is 4.90 Å². The molecule has 1 aliphatic heterocycles. The number of nitrogens with zero attached hydrogens (tertiary/aromatic N) is 6. The number of aryl methyl sites for hydroxylation is 1. The molecule has 10 heteroatoms. The van der Waals surface area contributed by atoms with Gasteiger partial charge in [-0.05, 0) is 25.8 Å². The van der Waals surface area contributed by atoms with E-state index >= 15 is 0 Å². The summed E-state index contributed by atoms with van der Waals surface area (Å²) in [7, 11) is 0. The van der Waals surface area contributed by atoms with Crippen molar-refractivity contribution in [1.29, 1.82) is 0 Å². The van der Waals surface area contributed by atoms with Crippen LogP contribution in [0.25, 0.3) is 0 Å². The lowest BCUT2D eigenvalue weighted by Gasteiger charge is -2.32. The van der Waals surface area contributed by atoms with Crippen LogP contribution >= 0.6 is 0 Å². The maximum Gasteiger partial charge on any atom is 0.433 e. The molecule has 0 radical (unpaired) electrons. The second-order valence-corrected chi connectivity index (χ2v) is 5.78. The fourth-order valence-corrected chi connectivity index (χ4v) is 2.76. The highest BCUT2D eigenvalue weighted by Gasteiger charge is 2.34. The first kappa shape index (κ1) is 16.6. The normalized spacial score (nSPS) is 18.9. The number of aliphatic hydroxyl groups excluding tert-OH is 1. The number of alkyl halides is 3. The number of hydrogen-bond acceptors (Lipinski definition) is 6. The van der Waals surface area contributed by atoms with Crippen molar-refractivity contribution in [2.75, 3.05) is 18.0 Å². The Hall–Kier alpha value is -2.23. The van der Waals surface area contributed by atoms with Gasteiger partial charge in [0.15, 0.2) is 0 Å². The van der Waals surface area contributed by atoms with Crippen LogP contribution in [-0.2, 0) is 12.8 Å². The molecule has 1 fully saturated rings. The predicted molar refractivity (Wildman–Crippen MR) is 78.2 cm³/mol. The molecule has 24 heavy (non-hydrogen) atoms. The first-order valence-corrected chi connectivity index (χ1v) is 7.56. The van der Waals surface area contributed by atoms with Crippen molar-refractivity contribution in [1.82, 2.24) is 25.0 Å². The SMILES string of the molecule is Cc1cc(C(F)(F)F)nc(N2CCCC(n3cc(CO)nn3)C2)n1. The Kier molecular flexibility index (Phi) is 4.39. The average Bonchev–Trinajstić information content (AvgIpc) is 3.03. The van der Waals surface area contributed by atoms with Crippen LogP contribution in [0, 0.1) is 6.92 Å². The molecule has 2 aromatic heterocycles. The Bertz CT molecular complexity index is 717. The molecule has 0 amide bonds. The quantitative estimate of drug-likeness (QED) is 0.915. The van der Waals surface area contributed by atoms with Crippen molar-refractivity contribution in [2.24, 2.45) is 0 Å². The zero-order valence-electron chi connectivity index (χ0n) is 13.0. The highest BCUT2D eigenvalue weighted by molar-refractivity contribution is 5.34. The Morgan fingerprint density at radius 2 is 2.12 bits per heavy atom. The van der Waals surface area contributed by atoms with Gasteiger partial charge in [-0.2, -0.15) is 13.2 Å². The highest BCUT2D eigenvalue weighted by atomic mass is 19.4. The van der Waals surface area contributed by atoms with Gasteiger partial charge in [0.25, 0.3) is 0 Å². The van der Waals surface area contributed by atoms with Crippen molar-refractivity contribution in [3.05, 3.63) is 29.3 Å². The standard InChI is InChI=1S/C14H17F3N6O/c1-9-5-12(14(15,16)17)19-13(18-9)22-4-2-3-11(7-22)23-6-10(8-24)20-21-23/h5-6,11,24H,2-4,7-8H2,1H3. The third-order valence-electron chi connectivity index (χ3n) is 3.91. The molecule has 0 spiro atoms. The van der Waals surface area contributed by atoms with Gasteiger partial charge in [-0.3, -0.25) is 0 Å². The Balaban J connectivity index is 1.83. The van der Waals surface area contributed by atoms with E-state index in [2.05, 4.69) is 20.3 Å². The minimum atomic E-state index is -4.50. The number of anilines is 1. The van der Waals surface area contributed by atoms with Crippen molar-refractivity contribution in [3.8, 4) is 0 Å². The molecule has 0 aromatic carbocycles. The smallest absolute Gasteiger partial charge is 0.390 e. The Labute approximate surface area is 136 Å². The summed E-state index contributed by atoms with van der Waals surface area (Å²) in [6.45, 7) is 2.34. The van der Waals surface area contributed by atoms with Crippen LogP contribution in [0.15, 0.2) is 12.3 Å². The molecule has 0 aliphatic carbocycles. The largest absolute Gasteiger partial charge is 0.433 e. The number of rotatable bonds is 3. The molecule has 1 unspecified atom stereocenters. The molecule has 1 atom stereocenters. The molecule has 0 bridgehead atoms. The monoisotopic (exact) mass is 342 g/mol. The molecule has 1 N–H and O–H groups in total. The van der Waals surface area contributed by atoms with Crippen LogP contribution in [0.5, 0.6) is 0 Å². The van der Waals surface area contributed by atoms with Gasteiger partial charge < -0.3 is 10.0 Å². The number of piperidine rings is 1. The molecule has 2 aromatic rings. The Morgan fingerprint density at radius 1 is 1.33 bits per heavy atom. The predicted octanol–water partition coefficient (Wildman–Crippen LogP) is 1.73. The summed E-state index contributed by atoms with van der Waals surface area (Å²) in [5.41, 5.74) is -0.202. The second-order valence-electron chi connectivity index (χ2n) is 5.78. The summed E-state index contributed by atoms with van der Waals surface area (Å²) in [6, 6.07) is 0.889. The minimum Gasteiger partial charge on any atom is -0.390 e. The maximum absolute atomic E-state index is 12.9. The molecular weight excluding hydrogens is 325 g/mol. The zero-order chi connectivity index (χ0) is 17.3. The van der Waals surface area contributed by atoms with Gasteiger partial charge in [0, 0.05) is 18.8 Å². The lowest BCUT2D eigenvalue weighted by molar-refractivity contribution is -0.141. The fourth-order valence-electron chi connectivity index (χ4n) is 2.76. The van der Waals surface area contributed by atoms with Crippen LogP contribution in [0.2, 0.25) is 0 Å². The van der Waals surface area contributed by atoms with Gasteiger partial charge in [-0.25, -0.2) is 14.6 Å². The van der Waals surface area contributed by atoms with Crippen LogP contribution in [0.1, 0.15) is 36.0 Å². The molecule has 1 aliphatic rings. The van der Waals surface area contributed by atoms with E-state index in [4.69, 9.17) is 5.11 Å². The van der Waals surface area contributed by atoms with Gasteiger partial charge >= 0.3 is 6.18 Å². The van der Waals surface area contributed by atoms with E-state index in [0.29, 0.717) is 18.8 Å². The lowest BCUT2D eigenvalue weighted by atomic mass is 10.1. The van der Waals surface area contributed by atoms with Crippen molar-refractivity contribution in [2.45, 2.75) is 38.6 Å². The van der Waals surface area contributed by atoms with Crippen LogP contribution in [0.4, 0.5) is 19.1 Å². The first-order valence-electron chi connectivity index (χ1n) is 7.56. The van der Waals surface area contributed by atoms with Gasteiger partial charge in [0.2, 0.25) is 5.95 Å². The summed E-state index contributed by atoms with van der Waals surface area (Å²) in [4.78, 5) is 9.57. The molecule has 7 nitrogen and oxygen atoms in total. The van der Waals surface area contributed by atoms with E-state index in [1.807, 2.05) is 0 Å². The molecule has 3 heterocycles. The van der Waals surface area contributed by atoms with Crippen LogP contribution in [-0.4, -0.2) is 43.2 Å². The number of aromatic nitrogens is 5. The number of hydrogen-bond donors (Lipinski definition) is 1. The summed E-state index contributed by atoms with van der Waals surface area (Å²) in [5, 5.41) is 16.9. The van der Waals surface area contributed by atoms with E-state index in [9.17, 15) is 13.2 Å². The van der Waals surface area contributed by atoms with Crippen molar-refractivity contribution in [3.63, 3.8) is 0 Å². The van der Waals surface area contributed by atoms with E-state index in [-0.39, 0.29) is 24.3 Å². The summed E-state index contributed by atoms with van der Waals surface area (Å²) < 4.78 is 40.5. The highest BCUT2D eigenvalue weighted by Crippen LogP contribution is 2.30. The summed E-state index contributed by atoms with van der Waals surface area (Å²) in [6.07, 6.45) is -1.26. The van der Waals surface area contributed by atoms with Gasteiger partial charge in [-0.15, -0.1) is 5.10 Å². The molecule has 0 saturated carbocycles. The lowest BCUT2D eigenvalue weighted by Crippen LogP contribution is -2.38. The second kappa shape index (κ2) is 6.34. The summed E-state index contributed by atoms with van der Waals surface area (Å²) in [5.74, 6) is 0.0783. The van der Waals surface area contributed by atoms with Gasteiger partial charge in [-0.1, -0.05) is 5.21 Å². The van der Waals surface area contributed by atoms with E-state index < -0.39 is 11.9 Å². The fraction of sp³-hybridized carbons (Fsp3) is 0.571. The van der Waals surface area contributed by atoms with Gasteiger partial charge in [0.05, 0.1) is 18.8 Å². The third-order valence-corrected chi connectivity index (χ3v) is 3.91. The van der Waals surface area contributed by atoms with Gasteiger partial charge in [0.1, 0.15) is 11.4 Å². The number of aliphatic hydroxyl groups is 1. The molecule has 130 valence electrons. The zero-order valence-corrected chi connectivity index (χ0v) is 13.0. The first-order chi connectivity index (χ1) is 11.4. The van der Waals surface area contributed by atoms with Crippen molar-refractivity contribution < 1.29 is 18.3 Å².